The van der Waals surface area contributed by atoms with Gasteiger partial charge in [-0.2, -0.15) is 0 Å². The number of nitrogens with one attached hydrogen (secondary N) is 1. The Kier molecular flexibility index (Phi) is 6.26. The highest BCUT2D eigenvalue weighted by atomic mass is 16.5. The number of carbonyl (C=O) groups excluding carboxylic acids is 2. The van der Waals surface area contributed by atoms with Gasteiger partial charge in [0, 0.05) is 6.54 Å². The third kappa shape index (κ3) is 4.78. The van der Waals surface area contributed by atoms with Gasteiger partial charge in [0.2, 0.25) is 5.91 Å². The van der Waals surface area contributed by atoms with E-state index < -0.39 is 6.04 Å². The average molecular weight is 395 g/mol. The lowest BCUT2D eigenvalue weighted by Gasteiger charge is -2.35. The van der Waals surface area contributed by atoms with Crippen molar-refractivity contribution >= 4 is 17.5 Å². The predicted octanol–water partition coefficient (Wildman–Crippen LogP) is 3.85. The molecule has 1 heterocycles. The molecule has 154 valence electrons. The molecule has 0 aliphatic carbocycles. The van der Waals surface area contributed by atoms with Gasteiger partial charge in [0.15, 0.2) is 6.61 Å². The van der Waals surface area contributed by atoms with Gasteiger partial charge in [0.05, 0.1) is 5.69 Å². The largest absolute Gasteiger partial charge is 0.482 e. The summed E-state index contributed by atoms with van der Waals surface area (Å²) in [6.45, 7) is 8.79. The van der Waals surface area contributed by atoms with Crippen LogP contribution in [0.4, 0.5) is 5.69 Å². The smallest absolute Gasteiger partial charge is 0.265 e. The van der Waals surface area contributed by atoms with Crippen LogP contribution in [-0.2, 0) is 21.4 Å². The van der Waals surface area contributed by atoms with E-state index in [1.54, 1.807) is 4.90 Å². The molecule has 0 aromatic heterocycles. The van der Waals surface area contributed by atoms with Gasteiger partial charge in [-0.25, -0.2) is 0 Å². The van der Waals surface area contributed by atoms with Gasteiger partial charge < -0.3 is 10.1 Å². The molecule has 0 radical (unpaired) electrons. The highest BCUT2D eigenvalue weighted by Crippen LogP contribution is 2.37. The van der Waals surface area contributed by atoms with Gasteiger partial charge >= 0.3 is 0 Å². The van der Waals surface area contributed by atoms with Crippen LogP contribution in [0, 0.1) is 0 Å². The Labute approximate surface area is 173 Å². The number of benzene rings is 2. The summed E-state index contributed by atoms with van der Waals surface area (Å²) in [5, 5.41) is 3.00. The van der Waals surface area contributed by atoms with Crippen LogP contribution in [0.5, 0.6) is 5.75 Å². The van der Waals surface area contributed by atoms with E-state index in [0.717, 1.165) is 12.0 Å². The molecule has 0 spiro atoms. The minimum Gasteiger partial charge on any atom is -0.482 e. The lowest BCUT2D eigenvalue weighted by Crippen LogP contribution is -2.53. The minimum atomic E-state index is -0.559. The molecular formula is C24H30N2O3. The number of hydrogen-bond acceptors (Lipinski definition) is 3. The molecule has 0 bridgehead atoms. The zero-order valence-electron chi connectivity index (χ0n) is 17.7. The molecule has 0 saturated heterocycles. The molecule has 0 fully saturated rings. The van der Waals surface area contributed by atoms with Crippen LogP contribution in [0.1, 0.15) is 45.2 Å². The van der Waals surface area contributed by atoms with E-state index >= 15 is 0 Å². The third-order valence-corrected chi connectivity index (χ3v) is 5.26. The van der Waals surface area contributed by atoms with E-state index in [9.17, 15) is 9.59 Å². The summed E-state index contributed by atoms with van der Waals surface area (Å²) in [4.78, 5) is 27.3. The summed E-state index contributed by atoms with van der Waals surface area (Å²) in [5.41, 5.74) is 2.88. The fourth-order valence-corrected chi connectivity index (χ4v) is 3.56. The van der Waals surface area contributed by atoms with Crippen molar-refractivity contribution < 1.29 is 14.3 Å². The second kappa shape index (κ2) is 8.68. The Hall–Kier alpha value is -2.82. The maximum Gasteiger partial charge on any atom is 0.265 e. The van der Waals surface area contributed by atoms with Crippen LogP contribution in [0.3, 0.4) is 0 Å². The molecule has 5 nitrogen and oxygen atoms in total. The zero-order valence-corrected chi connectivity index (χ0v) is 17.7. The number of nitrogens with zero attached hydrogens (tertiary/aromatic N) is 1. The van der Waals surface area contributed by atoms with Crippen molar-refractivity contribution in [3.05, 3.63) is 59.7 Å². The first-order chi connectivity index (χ1) is 13.8. The van der Waals surface area contributed by atoms with Crippen molar-refractivity contribution in [3.63, 3.8) is 0 Å². The fraction of sp³-hybridized carbons (Fsp3) is 0.417. The molecule has 29 heavy (non-hydrogen) atoms. The molecule has 1 aliphatic heterocycles. The maximum atomic E-state index is 13.0. The predicted molar refractivity (Wildman–Crippen MR) is 115 cm³/mol. The molecule has 1 aliphatic rings. The van der Waals surface area contributed by atoms with Crippen LogP contribution in [-0.4, -0.2) is 31.0 Å². The zero-order chi connectivity index (χ0) is 21.0. The van der Waals surface area contributed by atoms with Crippen molar-refractivity contribution in [1.29, 1.82) is 0 Å². The molecule has 2 aromatic carbocycles. The first kappa shape index (κ1) is 20.9. The van der Waals surface area contributed by atoms with Gasteiger partial charge in [-0.05, 0) is 41.5 Å². The van der Waals surface area contributed by atoms with E-state index in [0.29, 0.717) is 24.4 Å². The number of amides is 2. The van der Waals surface area contributed by atoms with Gasteiger partial charge in [0.25, 0.3) is 5.91 Å². The van der Waals surface area contributed by atoms with Crippen molar-refractivity contribution in [1.82, 2.24) is 5.32 Å². The third-order valence-electron chi connectivity index (χ3n) is 5.26. The molecule has 1 N–H and O–H groups in total. The van der Waals surface area contributed by atoms with Crippen LogP contribution in [0.2, 0.25) is 0 Å². The standard InChI is InChI=1S/C24H30N2O3/c1-5-19(23(28)25-14-13-17-9-7-6-8-10-17)26-20-15-18(24(2,3)4)11-12-21(20)29-16-22(26)27/h6-12,15,19H,5,13-14,16H2,1-4H3,(H,25,28)/t19-/m0/s1. The van der Waals surface area contributed by atoms with Crippen molar-refractivity contribution in [2.24, 2.45) is 0 Å². The minimum absolute atomic E-state index is 0.0460. The van der Waals surface area contributed by atoms with Crippen LogP contribution < -0.4 is 15.0 Å². The molecule has 3 rings (SSSR count). The first-order valence-corrected chi connectivity index (χ1v) is 10.2. The molecule has 0 unspecified atom stereocenters. The van der Waals surface area contributed by atoms with E-state index in [1.165, 1.54) is 5.56 Å². The highest BCUT2D eigenvalue weighted by molar-refractivity contribution is 6.04. The van der Waals surface area contributed by atoms with Gasteiger partial charge in [-0.3, -0.25) is 14.5 Å². The molecule has 1 atom stereocenters. The number of carbonyl (C=O) groups is 2. The summed E-state index contributed by atoms with van der Waals surface area (Å²) in [6, 6.07) is 15.4. The Morgan fingerprint density at radius 1 is 1.17 bits per heavy atom. The quantitative estimate of drug-likeness (QED) is 0.810. The first-order valence-electron chi connectivity index (χ1n) is 10.2. The van der Waals surface area contributed by atoms with Crippen molar-refractivity contribution in [3.8, 4) is 5.75 Å². The van der Waals surface area contributed by atoms with E-state index in [4.69, 9.17) is 4.74 Å². The number of hydrogen-bond donors (Lipinski definition) is 1. The van der Waals surface area contributed by atoms with E-state index in [2.05, 4.69) is 26.1 Å². The number of ether oxygens (including phenoxy) is 1. The molecule has 0 saturated carbocycles. The monoisotopic (exact) mass is 394 g/mol. The number of anilines is 1. The fourth-order valence-electron chi connectivity index (χ4n) is 3.56. The lowest BCUT2D eigenvalue weighted by molar-refractivity contribution is -0.127. The van der Waals surface area contributed by atoms with Crippen LogP contribution in [0.25, 0.3) is 0 Å². The Bertz CT molecular complexity index is 871. The number of fused-ring (bicyclic) bond motifs is 1. The topological polar surface area (TPSA) is 58.6 Å². The Morgan fingerprint density at radius 3 is 2.55 bits per heavy atom. The molecule has 5 heteroatoms. The summed E-state index contributed by atoms with van der Waals surface area (Å²) < 4.78 is 5.62. The van der Waals surface area contributed by atoms with Gasteiger partial charge in [-0.1, -0.05) is 64.1 Å². The Balaban J connectivity index is 1.79. The van der Waals surface area contributed by atoms with Gasteiger partial charge in [-0.15, -0.1) is 0 Å². The Morgan fingerprint density at radius 2 is 1.90 bits per heavy atom. The summed E-state index contributed by atoms with van der Waals surface area (Å²) in [6.07, 6.45) is 1.28. The molecule has 2 aromatic rings. The SMILES string of the molecule is CC[C@@H](C(=O)NCCc1ccccc1)N1C(=O)COc2ccc(C(C)(C)C)cc21. The maximum absolute atomic E-state index is 13.0. The second-order valence-electron chi connectivity index (χ2n) is 8.44. The summed E-state index contributed by atoms with van der Waals surface area (Å²) in [5.74, 6) is 0.326. The molecular weight excluding hydrogens is 364 g/mol. The highest BCUT2D eigenvalue weighted by Gasteiger charge is 2.35. The average Bonchev–Trinajstić information content (AvgIpc) is 2.70. The van der Waals surface area contributed by atoms with Gasteiger partial charge in [0.1, 0.15) is 11.8 Å². The summed E-state index contributed by atoms with van der Waals surface area (Å²) in [7, 11) is 0. The molecule has 2 amide bonds. The second-order valence-corrected chi connectivity index (χ2v) is 8.44. The van der Waals surface area contributed by atoms with Crippen LogP contribution >= 0.6 is 0 Å². The van der Waals surface area contributed by atoms with Crippen molar-refractivity contribution in [2.45, 2.75) is 52.0 Å². The van der Waals surface area contributed by atoms with Crippen molar-refractivity contribution in [2.75, 3.05) is 18.1 Å². The lowest BCUT2D eigenvalue weighted by atomic mass is 9.86. The van der Waals surface area contributed by atoms with E-state index in [1.807, 2.05) is 55.5 Å². The summed E-state index contributed by atoms with van der Waals surface area (Å²) >= 11 is 0. The van der Waals surface area contributed by atoms with Crippen LogP contribution in [0.15, 0.2) is 48.5 Å². The number of rotatable bonds is 6. The van der Waals surface area contributed by atoms with E-state index in [-0.39, 0.29) is 23.8 Å². The normalized spacial score (nSPS) is 14.8.